The smallest absolute Gasteiger partial charge is 0.306 e. The molecule has 0 saturated carbocycles. The fourth-order valence-electron chi connectivity index (χ4n) is 2.44. The molecule has 0 heterocycles. The number of thiocarbonyl (C=S) groups is 1. The van der Waals surface area contributed by atoms with Crippen LogP contribution >= 0.6 is 12.2 Å². The van der Waals surface area contributed by atoms with Crippen LogP contribution < -0.4 is 20.9 Å². The number of carbonyl (C=O) groups excluding carboxylic acids is 3. The van der Waals surface area contributed by atoms with Gasteiger partial charge in [0, 0.05) is 6.42 Å². The molecule has 3 N–H and O–H groups in total. The van der Waals surface area contributed by atoms with E-state index < -0.39 is 17.8 Å². The first-order valence-electron chi connectivity index (χ1n) is 9.79. The summed E-state index contributed by atoms with van der Waals surface area (Å²) in [6, 6.07) is 18.8. The quantitative estimate of drug-likeness (QED) is 0.223. The van der Waals surface area contributed by atoms with Gasteiger partial charge in [0.15, 0.2) is 11.7 Å². The molecular weight excluding hydrogens is 418 g/mol. The largest absolute Gasteiger partial charge is 0.484 e. The van der Waals surface area contributed by atoms with Gasteiger partial charge in [-0.25, -0.2) is 0 Å². The molecule has 0 atom stereocenters. The molecular formula is C22H25N3O5S. The van der Waals surface area contributed by atoms with Crippen LogP contribution in [-0.4, -0.2) is 36.1 Å². The Kier molecular flexibility index (Phi) is 10.5. The normalized spacial score (nSPS) is 9.94. The van der Waals surface area contributed by atoms with Crippen LogP contribution in [0.5, 0.6) is 5.75 Å². The van der Waals surface area contributed by atoms with E-state index in [1.807, 2.05) is 36.4 Å². The summed E-state index contributed by atoms with van der Waals surface area (Å²) in [4.78, 5) is 35.3. The summed E-state index contributed by atoms with van der Waals surface area (Å²) < 4.78 is 10.4. The van der Waals surface area contributed by atoms with Crippen molar-refractivity contribution in [2.75, 3.05) is 13.2 Å². The first-order valence-corrected chi connectivity index (χ1v) is 10.2. The Labute approximate surface area is 186 Å². The lowest BCUT2D eigenvalue weighted by Crippen LogP contribution is -2.49. The SMILES string of the molecule is O=C(COc1ccccc1)NNC(=S)NC(=O)CCC(=O)OCCCc1ccccc1. The van der Waals surface area contributed by atoms with E-state index in [0.29, 0.717) is 18.8 Å². The molecule has 0 spiro atoms. The van der Waals surface area contributed by atoms with Crippen molar-refractivity contribution >= 4 is 35.1 Å². The third-order valence-electron chi connectivity index (χ3n) is 3.95. The van der Waals surface area contributed by atoms with Gasteiger partial charge in [0.05, 0.1) is 13.0 Å². The number of hydrogen-bond donors (Lipinski definition) is 3. The van der Waals surface area contributed by atoms with E-state index in [1.54, 1.807) is 24.3 Å². The maximum Gasteiger partial charge on any atom is 0.306 e. The van der Waals surface area contributed by atoms with Crippen molar-refractivity contribution in [3.8, 4) is 5.75 Å². The number of benzene rings is 2. The van der Waals surface area contributed by atoms with Gasteiger partial charge in [0.2, 0.25) is 5.91 Å². The monoisotopic (exact) mass is 443 g/mol. The van der Waals surface area contributed by atoms with Gasteiger partial charge in [-0.3, -0.25) is 25.2 Å². The van der Waals surface area contributed by atoms with Crippen LogP contribution in [0.2, 0.25) is 0 Å². The first-order chi connectivity index (χ1) is 15.0. The summed E-state index contributed by atoms with van der Waals surface area (Å²) in [6.07, 6.45) is 1.39. The molecule has 0 saturated heterocycles. The lowest BCUT2D eigenvalue weighted by Gasteiger charge is -2.11. The molecule has 2 aromatic carbocycles. The molecule has 31 heavy (non-hydrogen) atoms. The molecule has 0 aliphatic carbocycles. The van der Waals surface area contributed by atoms with E-state index >= 15 is 0 Å². The number of aryl methyl sites for hydroxylation is 1. The molecule has 9 heteroatoms. The van der Waals surface area contributed by atoms with Crippen LogP contribution in [0, 0.1) is 0 Å². The van der Waals surface area contributed by atoms with Crippen LogP contribution in [0.25, 0.3) is 0 Å². The second-order valence-corrected chi connectivity index (χ2v) is 6.87. The second kappa shape index (κ2) is 13.7. The molecule has 0 aromatic heterocycles. The van der Waals surface area contributed by atoms with Gasteiger partial charge in [-0.1, -0.05) is 48.5 Å². The number of amides is 2. The van der Waals surface area contributed by atoms with Gasteiger partial charge in [-0.2, -0.15) is 0 Å². The highest BCUT2D eigenvalue weighted by atomic mass is 32.1. The lowest BCUT2D eigenvalue weighted by atomic mass is 10.1. The third kappa shape index (κ3) is 10.8. The zero-order valence-electron chi connectivity index (χ0n) is 17.0. The van der Waals surface area contributed by atoms with Crippen molar-refractivity contribution in [1.82, 2.24) is 16.2 Å². The number of esters is 1. The summed E-state index contributed by atoms with van der Waals surface area (Å²) in [5, 5.41) is 2.28. The average Bonchev–Trinajstić information content (AvgIpc) is 2.79. The molecule has 2 aromatic rings. The zero-order valence-corrected chi connectivity index (χ0v) is 17.8. The summed E-state index contributed by atoms with van der Waals surface area (Å²) in [5.74, 6) is -0.831. The minimum atomic E-state index is -0.473. The van der Waals surface area contributed by atoms with Crippen molar-refractivity contribution < 1.29 is 23.9 Å². The minimum absolute atomic E-state index is 0.0585. The summed E-state index contributed by atoms with van der Waals surface area (Å²) in [5.41, 5.74) is 5.89. The van der Waals surface area contributed by atoms with Crippen molar-refractivity contribution in [1.29, 1.82) is 0 Å². The Morgan fingerprint density at radius 1 is 0.839 bits per heavy atom. The Bertz CT molecular complexity index is 862. The van der Waals surface area contributed by atoms with Crippen LogP contribution in [0.4, 0.5) is 0 Å². The zero-order chi connectivity index (χ0) is 22.3. The molecule has 0 unspecified atom stereocenters. The third-order valence-corrected chi connectivity index (χ3v) is 4.16. The number of carbonyl (C=O) groups is 3. The van der Waals surface area contributed by atoms with Crippen molar-refractivity contribution in [2.45, 2.75) is 25.7 Å². The number of hydrogen-bond acceptors (Lipinski definition) is 6. The van der Waals surface area contributed by atoms with E-state index in [0.717, 1.165) is 6.42 Å². The fraction of sp³-hybridized carbons (Fsp3) is 0.273. The molecule has 0 fully saturated rings. The van der Waals surface area contributed by atoms with E-state index in [2.05, 4.69) is 16.2 Å². The Morgan fingerprint density at radius 3 is 2.23 bits per heavy atom. The topological polar surface area (TPSA) is 106 Å². The Balaban J connectivity index is 1.51. The highest BCUT2D eigenvalue weighted by Crippen LogP contribution is 2.07. The van der Waals surface area contributed by atoms with Gasteiger partial charge >= 0.3 is 5.97 Å². The van der Waals surface area contributed by atoms with Gasteiger partial charge in [-0.15, -0.1) is 0 Å². The Morgan fingerprint density at radius 2 is 1.52 bits per heavy atom. The summed E-state index contributed by atoms with van der Waals surface area (Å²) >= 11 is 4.92. The van der Waals surface area contributed by atoms with Gasteiger partial charge in [0.1, 0.15) is 5.75 Å². The van der Waals surface area contributed by atoms with Crippen LogP contribution in [0.1, 0.15) is 24.8 Å². The predicted molar refractivity (Wildman–Crippen MR) is 119 cm³/mol. The highest BCUT2D eigenvalue weighted by molar-refractivity contribution is 7.80. The molecule has 164 valence electrons. The molecule has 2 amide bonds. The lowest BCUT2D eigenvalue weighted by molar-refractivity contribution is -0.145. The maximum absolute atomic E-state index is 11.8. The summed E-state index contributed by atoms with van der Waals surface area (Å²) in [7, 11) is 0. The van der Waals surface area contributed by atoms with Gasteiger partial charge < -0.3 is 14.8 Å². The van der Waals surface area contributed by atoms with E-state index in [1.165, 1.54) is 5.56 Å². The molecule has 2 rings (SSSR count). The number of nitrogens with one attached hydrogen (secondary N) is 3. The maximum atomic E-state index is 11.8. The van der Waals surface area contributed by atoms with Gasteiger partial charge in [-0.05, 0) is 42.8 Å². The van der Waals surface area contributed by atoms with Crippen molar-refractivity contribution in [2.24, 2.45) is 0 Å². The van der Waals surface area contributed by atoms with Crippen LogP contribution in [0.15, 0.2) is 60.7 Å². The Hall–Kier alpha value is -3.46. The predicted octanol–water partition coefficient (Wildman–Crippen LogP) is 2.04. The molecule has 0 bridgehead atoms. The molecule has 0 aliphatic rings. The number of ether oxygens (including phenoxy) is 2. The number of hydrazine groups is 1. The van der Waals surface area contributed by atoms with E-state index in [-0.39, 0.29) is 24.6 Å². The molecule has 0 radical (unpaired) electrons. The average molecular weight is 444 g/mol. The van der Waals surface area contributed by atoms with Crippen LogP contribution in [0.3, 0.4) is 0 Å². The van der Waals surface area contributed by atoms with E-state index in [9.17, 15) is 14.4 Å². The second-order valence-electron chi connectivity index (χ2n) is 6.46. The number of rotatable bonds is 10. The van der Waals surface area contributed by atoms with Crippen molar-refractivity contribution in [3.05, 3.63) is 66.2 Å². The fourth-order valence-corrected chi connectivity index (χ4v) is 2.61. The first kappa shape index (κ1) is 23.8. The van der Waals surface area contributed by atoms with Gasteiger partial charge in [0.25, 0.3) is 5.91 Å². The van der Waals surface area contributed by atoms with Crippen LogP contribution in [-0.2, 0) is 25.5 Å². The minimum Gasteiger partial charge on any atom is -0.484 e. The summed E-state index contributed by atoms with van der Waals surface area (Å²) in [6.45, 7) is 0.0794. The highest BCUT2D eigenvalue weighted by Gasteiger charge is 2.10. The molecule has 0 aliphatic heterocycles. The van der Waals surface area contributed by atoms with Crippen molar-refractivity contribution in [3.63, 3.8) is 0 Å². The standard InChI is InChI=1S/C22H25N3O5S/c26-19(13-14-21(28)29-15-7-10-17-8-3-1-4-9-17)23-22(31)25-24-20(27)16-30-18-11-5-2-6-12-18/h1-6,8-9,11-12H,7,10,13-16H2,(H,24,27)(H2,23,25,26,31). The number of para-hydroxylation sites is 1. The van der Waals surface area contributed by atoms with E-state index in [4.69, 9.17) is 21.7 Å². The molecule has 8 nitrogen and oxygen atoms in total.